The van der Waals surface area contributed by atoms with Crippen molar-refractivity contribution in [3.05, 3.63) is 94.1 Å². The molecule has 0 radical (unpaired) electrons. The summed E-state index contributed by atoms with van der Waals surface area (Å²) < 4.78 is 31.7. The number of aryl methyl sites for hydroxylation is 2. The lowest BCUT2D eigenvalue weighted by molar-refractivity contribution is 0.0988. The first-order chi connectivity index (χ1) is 18.0. The van der Waals surface area contributed by atoms with Crippen molar-refractivity contribution in [3.63, 3.8) is 0 Å². The van der Waals surface area contributed by atoms with Crippen LogP contribution in [0.5, 0.6) is 5.75 Å². The zero-order valence-electron chi connectivity index (χ0n) is 21.5. The second kappa shape index (κ2) is 10.8. The maximum Gasteiger partial charge on any atom is 0.278 e. The Labute approximate surface area is 227 Å². The molecule has 196 valence electrons. The summed E-state index contributed by atoms with van der Waals surface area (Å²) in [6, 6.07) is 19.2. The van der Waals surface area contributed by atoms with Gasteiger partial charge in [-0.2, -0.15) is 10.1 Å². The Morgan fingerprint density at radius 1 is 1.03 bits per heavy atom. The molecular formula is C28H27ClN4O4S. The van der Waals surface area contributed by atoms with Crippen LogP contribution in [0.25, 0.3) is 10.9 Å². The number of sulfonamides is 1. The van der Waals surface area contributed by atoms with Gasteiger partial charge >= 0.3 is 0 Å². The molecule has 0 saturated heterocycles. The molecule has 0 N–H and O–H groups in total. The molecule has 10 heteroatoms. The van der Waals surface area contributed by atoms with E-state index >= 15 is 0 Å². The predicted octanol–water partition coefficient (Wildman–Crippen LogP) is 5.74. The summed E-state index contributed by atoms with van der Waals surface area (Å²) in [6.45, 7) is 7.56. The van der Waals surface area contributed by atoms with E-state index in [1.165, 1.54) is 10.6 Å². The number of benzene rings is 3. The first-order valence-corrected chi connectivity index (χ1v) is 13.8. The number of methoxy groups -OCH3 is 1. The second-order valence-electron chi connectivity index (χ2n) is 8.85. The SMILES string of the molecule is C=NN(C(=O)c1ccc(CN(c2ccc(C)c(C)c2)S(C)(=O)=O)cc1)c1cc2ccc(OC)cc2nc1Cl. The van der Waals surface area contributed by atoms with E-state index in [0.29, 0.717) is 28.1 Å². The molecular weight excluding hydrogens is 524 g/mol. The van der Waals surface area contributed by atoms with Crippen LogP contribution in [0, 0.1) is 13.8 Å². The van der Waals surface area contributed by atoms with Gasteiger partial charge in [0, 0.05) is 23.7 Å². The van der Waals surface area contributed by atoms with Gasteiger partial charge in [0.2, 0.25) is 10.0 Å². The van der Waals surface area contributed by atoms with Crippen molar-refractivity contribution in [1.82, 2.24) is 4.98 Å². The number of ether oxygens (including phenoxy) is 1. The third-order valence-electron chi connectivity index (χ3n) is 6.23. The topological polar surface area (TPSA) is 92.2 Å². The van der Waals surface area contributed by atoms with Crippen molar-refractivity contribution in [1.29, 1.82) is 0 Å². The van der Waals surface area contributed by atoms with Gasteiger partial charge in [-0.3, -0.25) is 9.10 Å². The minimum absolute atomic E-state index is 0.0836. The summed E-state index contributed by atoms with van der Waals surface area (Å²) in [4.78, 5) is 17.7. The maximum atomic E-state index is 13.3. The van der Waals surface area contributed by atoms with Crippen LogP contribution in [0.15, 0.2) is 71.8 Å². The van der Waals surface area contributed by atoms with Crippen molar-refractivity contribution in [3.8, 4) is 5.75 Å². The number of pyridine rings is 1. The Morgan fingerprint density at radius 3 is 2.34 bits per heavy atom. The largest absolute Gasteiger partial charge is 0.497 e. The van der Waals surface area contributed by atoms with E-state index < -0.39 is 15.9 Å². The van der Waals surface area contributed by atoms with Gasteiger partial charge in [0.05, 0.1) is 31.1 Å². The van der Waals surface area contributed by atoms with Gasteiger partial charge in [-0.25, -0.2) is 13.4 Å². The number of amides is 1. The molecule has 4 rings (SSSR count). The lowest BCUT2D eigenvalue weighted by atomic mass is 10.1. The molecule has 8 nitrogen and oxygen atoms in total. The molecule has 0 atom stereocenters. The van der Waals surface area contributed by atoms with Gasteiger partial charge in [-0.05, 0) is 73.0 Å². The molecule has 3 aromatic carbocycles. The van der Waals surface area contributed by atoms with Crippen LogP contribution < -0.4 is 14.1 Å². The van der Waals surface area contributed by atoms with Crippen LogP contribution in [0.2, 0.25) is 5.15 Å². The first kappa shape index (κ1) is 27.1. The van der Waals surface area contributed by atoms with E-state index in [1.807, 2.05) is 32.0 Å². The average Bonchev–Trinajstić information content (AvgIpc) is 2.89. The summed E-state index contributed by atoms with van der Waals surface area (Å²) in [5, 5.41) is 5.81. The van der Waals surface area contributed by atoms with E-state index in [1.54, 1.807) is 55.6 Å². The summed E-state index contributed by atoms with van der Waals surface area (Å²) in [6.07, 6.45) is 1.17. The second-order valence-corrected chi connectivity index (χ2v) is 11.1. The minimum atomic E-state index is -3.55. The third kappa shape index (κ3) is 5.64. The van der Waals surface area contributed by atoms with E-state index in [2.05, 4.69) is 16.8 Å². The van der Waals surface area contributed by atoms with Crippen molar-refractivity contribution < 1.29 is 17.9 Å². The number of rotatable bonds is 8. The molecule has 1 aromatic heterocycles. The zero-order chi connectivity index (χ0) is 27.6. The van der Waals surface area contributed by atoms with Crippen LogP contribution in [-0.4, -0.2) is 39.4 Å². The highest BCUT2D eigenvalue weighted by Crippen LogP contribution is 2.31. The molecule has 0 bridgehead atoms. The number of carbonyl (C=O) groups is 1. The Hall–Kier alpha value is -3.95. The number of anilines is 2. The number of fused-ring (bicyclic) bond motifs is 1. The monoisotopic (exact) mass is 550 g/mol. The van der Waals surface area contributed by atoms with E-state index in [0.717, 1.165) is 21.5 Å². The highest BCUT2D eigenvalue weighted by atomic mass is 35.5. The quantitative estimate of drug-likeness (QED) is 0.158. The Balaban J connectivity index is 1.60. The molecule has 0 aliphatic carbocycles. The predicted molar refractivity (Wildman–Crippen MR) is 153 cm³/mol. The number of hydrazone groups is 1. The van der Waals surface area contributed by atoms with Crippen molar-refractivity contribution in [2.45, 2.75) is 20.4 Å². The summed E-state index contributed by atoms with van der Waals surface area (Å²) in [5.74, 6) is 0.174. The zero-order valence-corrected chi connectivity index (χ0v) is 23.0. The van der Waals surface area contributed by atoms with Crippen LogP contribution in [0.4, 0.5) is 11.4 Å². The number of hydrogen-bond acceptors (Lipinski definition) is 6. The van der Waals surface area contributed by atoms with Crippen LogP contribution >= 0.6 is 11.6 Å². The molecule has 38 heavy (non-hydrogen) atoms. The third-order valence-corrected chi connectivity index (χ3v) is 7.65. The molecule has 0 fully saturated rings. The van der Waals surface area contributed by atoms with Gasteiger partial charge in [-0.1, -0.05) is 29.8 Å². The van der Waals surface area contributed by atoms with E-state index in [4.69, 9.17) is 16.3 Å². The number of carbonyl (C=O) groups excluding carboxylic acids is 1. The number of hydrogen-bond donors (Lipinski definition) is 0. The maximum absolute atomic E-state index is 13.3. The molecule has 0 aliphatic heterocycles. The van der Waals surface area contributed by atoms with Gasteiger partial charge in [0.1, 0.15) is 11.4 Å². The fraction of sp³-hybridized carbons (Fsp3) is 0.179. The Morgan fingerprint density at radius 2 is 1.74 bits per heavy atom. The average molecular weight is 551 g/mol. The van der Waals surface area contributed by atoms with Crippen molar-refractivity contribution >= 4 is 56.5 Å². The standard InChI is InChI=1S/C28H27ClN4O4S/c1-18-6-12-23(14-19(18)2)32(38(5,35)36)17-20-7-9-21(10-8-20)28(34)33(30-3)26-15-22-11-13-24(37-4)16-25(22)31-27(26)29/h6-16H,3,17H2,1-2,4-5H3. The minimum Gasteiger partial charge on any atom is -0.497 e. The van der Waals surface area contributed by atoms with Gasteiger partial charge < -0.3 is 4.74 Å². The van der Waals surface area contributed by atoms with E-state index in [9.17, 15) is 13.2 Å². The summed E-state index contributed by atoms with van der Waals surface area (Å²) in [5.41, 5.74) is 4.58. The van der Waals surface area contributed by atoms with Crippen LogP contribution in [0.3, 0.4) is 0 Å². The summed E-state index contributed by atoms with van der Waals surface area (Å²) in [7, 11) is -1.99. The normalized spacial score (nSPS) is 11.3. The fourth-order valence-electron chi connectivity index (χ4n) is 3.96. The van der Waals surface area contributed by atoms with Gasteiger partial charge in [0.25, 0.3) is 5.91 Å². The fourth-order valence-corrected chi connectivity index (χ4v) is 5.06. The first-order valence-electron chi connectivity index (χ1n) is 11.6. The Bertz CT molecular complexity index is 1640. The number of nitrogens with zero attached hydrogens (tertiary/aromatic N) is 4. The van der Waals surface area contributed by atoms with Crippen LogP contribution in [0.1, 0.15) is 27.0 Å². The molecule has 0 spiro atoms. The molecule has 0 unspecified atom stereocenters. The lowest BCUT2D eigenvalue weighted by Crippen LogP contribution is -2.29. The lowest BCUT2D eigenvalue weighted by Gasteiger charge is -2.23. The molecule has 0 aliphatic rings. The molecule has 4 aromatic rings. The molecule has 0 saturated carbocycles. The van der Waals surface area contributed by atoms with Crippen LogP contribution in [-0.2, 0) is 16.6 Å². The van der Waals surface area contributed by atoms with Crippen molar-refractivity contribution in [2.75, 3.05) is 22.7 Å². The Kier molecular flexibility index (Phi) is 7.71. The molecule has 1 heterocycles. The highest BCUT2D eigenvalue weighted by molar-refractivity contribution is 7.92. The summed E-state index contributed by atoms with van der Waals surface area (Å²) >= 11 is 6.41. The molecule has 1 amide bonds. The van der Waals surface area contributed by atoms with E-state index in [-0.39, 0.29) is 17.4 Å². The highest BCUT2D eigenvalue weighted by Gasteiger charge is 2.22. The number of halogens is 1. The van der Waals surface area contributed by atoms with Gasteiger partial charge in [-0.15, -0.1) is 0 Å². The smallest absolute Gasteiger partial charge is 0.278 e. The number of aromatic nitrogens is 1. The van der Waals surface area contributed by atoms with Gasteiger partial charge in [0.15, 0.2) is 5.15 Å². The van der Waals surface area contributed by atoms with Crippen molar-refractivity contribution in [2.24, 2.45) is 5.10 Å².